The molecule has 0 bridgehead atoms. The highest BCUT2D eigenvalue weighted by molar-refractivity contribution is 5.76. The monoisotopic (exact) mass is 291 g/mol. The van der Waals surface area contributed by atoms with Gasteiger partial charge in [0.2, 0.25) is 0 Å². The van der Waals surface area contributed by atoms with Crippen molar-refractivity contribution in [2.24, 2.45) is 5.73 Å². The van der Waals surface area contributed by atoms with Gasteiger partial charge in [0.1, 0.15) is 18.2 Å². The van der Waals surface area contributed by atoms with Gasteiger partial charge in [-0.3, -0.25) is 4.79 Å². The molecule has 0 saturated carbocycles. The Balaban J connectivity index is 3.60. The van der Waals surface area contributed by atoms with E-state index < -0.39 is 23.6 Å². The molecule has 0 saturated heterocycles. The van der Waals surface area contributed by atoms with Gasteiger partial charge in [0.15, 0.2) is 0 Å². The lowest BCUT2D eigenvalue weighted by Gasteiger charge is -2.22. The van der Waals surface area contributed by atoms with Crippen molar-refractivity contribution < 1.29 is 28.5 Å². The highest BCUT2D eigenvalue weighted by atomic mass is 16.6. The van der Waals surface area contributed by atoms with E-state index in [0.717, 1.165) is 0 Å². The molecule has 7 nitrogen and oxygen atoms in total. The molecule has 0 rings (SSSR count). The average molecular weight is 291 g/mol. The van der Waals surface area contributed by atoms with Crippen molar-refractivity contribution in [1.29, 1.82) is 0 Å². The van der Waals surface area contributed by atoms with Gasteiger partial charge in [-0.05, 0) is 27.7 Å². The molecule has 0 aliphatic carbocycles. The molecular weight excluding hydrogens is 266 g/mol. The summed E-state index contributed by atoms with van der Waals surface area (Å²) < 4.78 is 20.0. The smallest absolute Gasteiger partial charge is 0.332 e. The summed E-state index contributed by atoms with van der Waals surface area (Å²) in [5, 5.41) is 0. The molecule has 0 aromatic rings. The van der Waals surface area contributed by atoms with Crippen LogP contribution in [0.3, 0.4) is 0 Å². The lowest BCUT2D eigenvalue weighted by Crippen LogP contribution is -2.40. The normalized spacial score (nSPS) is 12.8. The Kier molecular flexibility index (Phi) is 9.11. The summed E-state index contributed by atoms with van der Waals surface area (Å²) in [5.41, 5.74) is 5.04. The van der Waals surface area contributed by atoms with E-state index >= 15 is 0 Å². The molecular formula is C13H25NO6. The first-order chi connectivity index (χ1) is 9.26. The number of carbonyl (C=O) groups is 2. The van der Waals surface area contributed by atoms with Crippen LogP contribution in [-0.2, 0) is 28.5 Å². The molecule has 0 aromatic carbocycles. The standard InChI is InChI=1S/C13H25NO6/c1-5-19-11(15)9-18-7-6-17-8-10(14)12(16)20-13(2,3)4/h10H,5-9,14H2,1-4H3. The summed E-state index contributed by atoms with van der Waals surface area (Å²) in [6.45, 7) is 7.72. The molecule has 118 valence electrons. The fourth-order valence-corrected chi connectivity index (χ4v) is 1.13. The molecule has 0 fully saturated rings. The molecule has 0 aliphatic heterocycles. The van der Waals surface area contributed by atoms with Crippen molar-refractivity contribution in [1.82, 2.24) is 0 Å². The van der Waals surface area contributed by atoms with Crippen LogP contribution in [0.2, 0.25) is 0 Å². The van der Waals surface area contributed by atoms with Gasteiger partial charge in [0.05, 0.1) is 26.4 Å². The zero-order valence-electron chi connectivity index (χ0n) is 12.6. The van der Waals surface area contributed by atoms with Gasteiger partial charge >= 0.3 is 11.9 Å². The van der Waals surface area contributed by atoms with Gasteiger partial charge in [-0.2, -0.15) is 0 Å². The zero-order valence-corrected chi connectivity index (χ0v) is 12.6. The van der Waals surface area contributed by atoms with Crippen molar-refractivity contribution in [3.05, 3.63) is 0 Å². The molecule has 0 amide bonds. The molecule has 0 spiro atoms. The van der Waals surface area contributed by atoms with Crippen LogP contribution in [0.15, 0.2) is 0 Å². The molecule has 0 heterocycles. The van der Waals surface area contributed by atoms with Crippen LogP contribution in [0.1, 0.15) is 27.7 Å². The van der Waals surface area contributed by atoms with E-state index in [4.69, 9.17) is 19.9 Å². The highest BCUT2D eigenvalue weighted by Gasteiger charge is 2.22. The Morgan fingerprint density at radius 2 is 1.75 bits per heavy atom. The number of rotatable bonds is 9. The maximum atomic E-state index is 11.5. The van der Waals surface area contributed by atoms with Crippen LogP contribution in [0.4, 0.5) is 0 Å². The summed E-state index contributed by atoms with van der Waals surface area (Å²) in [5.74, 6) is -0.928. The number of hydrogen-bond donors (Lipinski definition) is 1. The number of esters is 2. The van der Waals surface area contributed by atoms with Crippen LogP contribution in [0, 0.1) is 0 Å². The van der Waals surface area contributed by atoms with Crippen LogP contribution >= 0.6 is 0 Å². The van der Waals surface area contributed by atoms with Gasteiger partial charge in [0.25, 0.3) is 0 Å². The van der Waals surface area contributed by atoms with E-state index in [1.165, 1.54) is 0 Å². The van der Waals surface area contributed by atoms with Crippen LogP contribution in [0.25, 0.3) is 0 Å². The minimum Gasteiger partial charge on any atom is -0.464 e. The molecule has 0 radical (unpaired) electrons. The fourth-order valence-electron chi connectivity index (χ4n) is 1.13. The van der Waals surface area contributed by atoms with Crippen LogP contribution in [-0.4, -0.2) is 56.6 Å². The maximum Gasteiger partial charge on any atom is 0.332 e. The predicted octanol–water partition coefficient (Wildman–Crippen LogP) is 0.252. The van der Waals surface area contributed by atoms with Crippen molar-refractivity contribution >= 4 is 11.9 Å². The van der Waals surface area contributed by atoms with E-state index in [9.17, 15) is 9.59 Å². The topological polar surface area (TPSA) is 97.1 Å². The Bertz CT molecular complexity index is 300. The van der Waals surface area contributed by atoms with Crippen LogP contribution < -0.4 is 5.73 Å². The summed E-state index contributed by atoms with van der Waals surface area (Å²) in [7, 11) is 0. The van der Waals surface area contributed by atoms with E-state index in [0.29, 0.717) is 6.61 Å². The van der Waals surface area contributed by atoms with Gasteiger partial charge in [0, 0.05) is 0 Å². The second-order valence-electron chi connectivity index (χ2n) is 5.07. The lowest BCUT2D eigenvalue weighted by atomic mass is 10.2. The second kappa shape index (κ2) is 9.68. The van der Waals surface area contributed by atoms with E-state index in [1.807, 2.05) is 0 Å². The largest absolute Gasteiger partial charge is 0.464 e. The SMILES string of the molecule is CCOC(=O)COCCOCC(N)C(=O)OC(C)(C)C. The second-order valence-corrected chi connectivity index (χ2v) is 5.07. The Morgan fingerprint density at radius 3 is 2.30 bits per heavy atom. The van der Waals surface area contributed by atoms with Crippen molar-refractivity contribution in [3.63, 3.8) is 0 Å². The minimum absolute atomic E-state index is 0.0394. The third kappa shape index (κ3) is 10.7. The molecule has 7 heteroatoms. The molecule has 20 heavy (non-hydrogen) atoms. The van der Waals surface area contributed by atoms with Crippen molar-refractivity contribution in [3.8, 4) is 0 Å². The van der Waals surface area contributed by atoms with Gasteiger partial charge in [-0.1, -0.05) is 0 Å². The number of ether oxygens (including phenoxy) is 4. The van der Waals surface area contributed by atoms with Gasteiger partial charge in [-0.15, -0.1) is 0 Å². The van der Waals surface area contributed by atoms with E-state index in [2.05, 4.69) is 4.74 Å². The Morgan fingerprint density at radius 1 is 1.15 bits per heavy atom. The minimum atomic E-state index is -0.834. The fraction of sp³-hybridized carbons (Fsp3) is 0.846. The Labute approximate surface area is 119 Å². The first-order valence-electron chi connectivity index (χ1n) is 6.55. The number of hydrogen-bond acceptors (Lipinski definition) is 7. The molecule has 0 aromatic heterocycles. The van der Waals surface area contributed by atoms with Crippen molar-refractivity contribution in [2.75, 3.05) is 33.0 Å². The third-order valence-electron chi connectivity index (χ3n) is 1.90. The predicted molar refractivity (Wildman–Crippen MR) is 72.1 cm³/mol. The third-order valence-corrected chi connectivity index (χ3v) is 1.90. The highest BCUT2D eigenvalue weighted by Crippen LogP contribution is 2.07. The van der Waals surface area contributed by atoms with Crippen molar-refractivity contribution in [2.45, 2.75) is 39.3 Å². The first kappa shape index (κ1) is 18.8. The summed E-state index contributed by atoms with van der Waals surface area (Å²) >= 11 is 0. The molecule has 1 unspecified atom stereocenters. The molecule has 2 N–H and O–H groups in total. The first-order valence-corrected chi connectivity index (χ1v) is 6.55. The summed E-state index contributed by atoms with van der Waals surface area (Å²) in [6, 6.07) is -0.834. The van der Waals surface area contributed by atoms with Gasteiger partial charge in [-0.25, -0.2) is 4.79 Å². The zero-order chi connectivity index (χ0) is 15.6. The lowest BCUT2D eigenvalue weighted by molar-refractivity contribution is -0.158. The number of carbonyl (C=O) groups excluding carboxylic acids is 2. The maximum absolute atomic E-state index is 11.5. The number of nitrogens with two attached hydrogens (primary N) is 1. The summed E-state index contributed by atoms with van der Waals surface area (Å²) in [6.07, 6.45) is 0. The van der Waals surface area contributed by atoms with E-state index in [-0.39, 0.29) is 26.4 Å². The molecule has 0 aliphatic rings. The quantitative estimate of drug-likeness (QED) is 0.480. The van der Waals surface area contributed by atoms with Crippen LogP contribution in [0.5, 0.6) is 0 Å². The molecule has 1 atom stereocenters. The average Bonchev–Trinajstić information content (AvgIpc) is 2.31. The Hall–Kier alpha value is -1.18. The van der Waals surface area contributed by atoms with Gasteiger partial charge < -0.3 is 24.7 Å². The summed E-state index contributed by atoms with van der Waals surface area (Å²) in [4.78, 5) is 22.5. The van der Waals surface area contributed by atoms with E-state index in [1.54, 1.807) is 27.7 Å².